The standard InChI is InChI=1S/C15H11Br/c16-10-14-7-3-6-13-8-11-4-1-2-5-12(11)9-15(13)14/h1-9H,10H2. The SMILES string of the molecule is BrCc1cccc2cc3ccccc3cc12. The molecule has 0 aliphatic heterocycles. The Bertz CT molecular complexity index is 656. The second-order valence-electron chi connectivity index (χ2n) is 3.97. The van der Waals surface area contributed by atoms with Crippen LogP contribution in [0.25, 0.3) is 21.5 Å². The van der Waals surface area contributed by atoms with E-state index in [0.717, 1.165) is 5.33 Å². The molecule has 0 fully saturated rings. The molecule has 0 saturated heterocycles. The Morgan fingerprint density at radius 2 is 1.44 bits per heavy atom. The van der Waals surface area contributed by atoms with Crippen LogP contribution < -0.4 is 0 Å². The minimum absolute atomic E-state index is 0.905. The lowest BCUT2D eigenvalue weighted by molar-refractivity contribution is 1.50. The summed E-state index contributed by atoms with van der Waals surface area (Å²) in [7, 11) is 0. The van der Waals surface area contributed by atoms with Gasteiger partial charge in [0.05, 0.1) is 0 Å². The van der Waals surface area contributed by atoms with E-state index in [9.17, 15) is 0 Å². The Morgan fingerprint density at radius 1 is 0.750 bits per heavy atom. The van der Waals surface area contributed by atoms with Gasteiger partial charge in [0.25, 0.3) is 0 Å². The Balaban J connectivity index is 2.46. The third-order valence-corrected chi connectivity index (χ3v) is 3.59. The first-order valence-corrected chi connectivity index (χ1v) is 6.47. The van der Waals surface area contributed by atoms with Crippen LogP contribution in [0.2, 0.25) is 0 Å². The lowest BCUT2D eigenvalue weighted by Gasteiger charge is -2.05. The van der Waals surface area contributed by atoms with Gasteiger partial charge in [-0.2, -0.15) is 0 Å². The van der Waals surface area contributed by atoms with Crippen molar-refractivity contribution in [2.45, 2.75) is 5.33 Å². The fraction of sp³-hybridized carbons (Fsp3) is 0.0667. The molecule has 0 aromatic heterocycles. The fourth-order valence-corrected chi connectivity index (χ4v) is 2.64. The summed E-state index contributed by atoms with van der Waals surface area (Å²) < 4.78 is 0. The summed E-state index contributed by atoms with van der Waals surface area (Å²) >= 11 is 3.54. The molecule has 0 amide bonds. The molecule has 3 aromatic carbocycles. The number of alkyl halides is 1. The van der Waals surface area contributed by atoms with Crippen LogP contribution in [0.15, 0.2) is 54.6 Å². The maximum atomic E-state index is 3.54. The van der Waals surface area contributed by atoms with Gasteiger partial charge in [0.15, 0.2) is 0 Å². The topological polar surface area (TPSA) is 0 Å². The molecule has 0 nitrogen and oxygen atoms in total. The molecule has 0 heterocycles. The van der Waals surface area contributed by atoms with Gasteiger partial charge in [0.1, 0.15) is 0 Å². The molecule has 0 bridgehead atoms. The highest BCUT2D eigenvalue weighted by Crippen LogP contribution is 2.26. The van der Waals surface area contributed by atoms with Crippen LogP contribution in [0.5, 0.6) is 0 Å². The summed E-state index contributed by atoms with van der Waals surface area (Å²) in [5, 5.41) is 6.18. The number of benzene rings is 3. The Morgan fingerprint density at radius 3 is 2.19 bits per heavy atom. The van der Waals surface area contributed by atoms with E-state index in [4.69, 9.17) is 0 Å². The number of hydrogen-bond donors (Lipinski definition) is 0. The van der Waals surface area contributed by atoms with Crippen molar-refractivity contribution < 1.29 is 0 Å². The third-order valence-electron chi connectivity index (χ3n) is 2.98. The highest BCUT2D eigenvalue weighted by Gasteiger charge is 2.01. The van der Waals surface area contributed by atoms with Crippen LogP contribution >= 0.6 is 15.9 Å². The van der Waals surface area contributed by atoms with Crippen molar-refractivity contribution in [1.29, 1.82) is 0 Å². The zero-order valence-corrected chi connectivity index (χ0v) is 10.4. The first-order valence-electron chi connectivity index (χ1n) is 5.35. The van der Waals surface area contributed by atoms with Crippen molar-refractivity contribution in [2.75, 3.05) is 0 Å². The molecule has 16 heavy (non-hydrogen) atoms. The van der Waals surface area contributed by atoms with Crippen molar-refractivity contribution in [1.82, 2.24) is 0 Å². The van der Waals surface area contributed by atoms with E-state index in [0.29, 0.717) is 0 Å². The molecule has 0 saturated carbocycles. The summed E-state index contributed by atoms with van der Waals surface area (Å²) in [5.74, 6) is 0. The molecular formula is C15H11Br. The van der Waals surface area contributed by atoms with Gasteiger partial charge in [-0.3, -0.25) is 0 Å². The van der Waals surface area contributed by atoms with E-state index in [1.807, 2.05) is 0 Å². The van der Waals surface area contributed by atoms with Crippen LogP contribution in [-0.2, 0) is 5.33 Å². The van der Waals surface area contributed by atoms with Gasteiger partial charge < -0.3 is 0 Å². The number of hydrogen-bond acceptors (Lipinski definition) is 0. The minimum Gasteiger partial charge on any atom is -0.0876 e. The summed E-state index contributed by atoms with van der Waals surface area (Å²) in [4.78, 5) is 0. The molecule has 78 valence electrons. The van der Waals surface area contributed by atoms with Crippen LogP contribution in [0.4, 0.5) is 0 Å². The smallest absolute Gasteiger partial charge is 0.0289 e. The lowest BCUT2D eigenvalue weighted by atomic mass is 10.0. The highest BCUT2D eigenvalue weighted by molar-refractivity contribution is 9.08. The van der Waals surface area contributed by atoms with E-state index in [1.54, 1.807) is 0 Å². The number of rotatable bonds is 1. The van der Waals surface area contributed by atoms with Crippen LogP contribution in [0.3, 0.4) is 0 Å². The second-order valence-corrected chi connectivity index (χ2v) is 4.53. The maximum Gasteiger partial charge on any atom is 0.0289 e. The normalized spacial score (nSPS) is 11.1. The maximum absolute atomic E-state index is 3.54. The minimum atomic E-state index is 0.905. The molecule has 3 rings (SSSR count). The average molecular weight is 271 g/mol. The molecule has 3 aromatic rings. The molecule has 0 atom stereocenters. The average Bonchev–Trinajstić information content (AvgIpc) is 2.35. The second kappa shape index (κ2) is 3.91. The zero-order chi connectivity index (χ0) is 11.0. The first kappa shape index (κ1) is 9.86. The molecule has 0 aliphatic carbocycles. The van der Waals surface area contributed by atoms with Gasteiger partial charge in [0, 0.05) is 5.33 Å². The molecule has 0 spiro atoms. The van der Waals surface area contributed by atoms with E-state index in [2.05, 4.69) is 70.5 Å². The summed E-state index contributed by atoms with van der Waals surface area (Å²) in [5.41, 5.74) is 1.35. The monoisotopic (exact) mass is 270 g/mol. The van der Waals surface area contributed by atoms with Crippen molar-refractivity contribution >= 4 is 37.5 Å². The molecular weight excluding hydrogens is 260 g/mol. The Labute approximate surface area is 103 Å². The van der Waals surface area contributed by atoms with Gasteiger partial charge in [-0.1, -0.05) is 58.4 Å². The molecule has 0 radical (unpaired) electrons. The Kier molecular flexibility index (Phi) is 2.41. The fourth-order valence-electron chi connectivity index (χ4n) is 2.15. The first-order chi connectivity index (χ1) is 7.88. The molecule has 1 heteroatoms. The van der Waals surface area contributed by atoms with Gasteiger partial charge in [-0.05, 0) is 39.2 Å². The molecule has 0 N–H and O–H groups in total. The predicted molar refractivity (Wildman–Crippen MR) is 74.1 cm³/mol. The summed E-state index contributed by atoms with van der Waals surface area (Å²) in [6, 6.07) is 19.5. The lowest BCUT2D eigenvalue weighted by Crippen LogP contribution is -1.82. The highest BCUT2D eigenvalue weighted by atomic mass is 79.9. The van der Waals surface area contributed by atoms with Gasteiger partial charge in [-0.15, -0.1) is 0 Å². The third kappa shape index (κ3) is 1.52. The van der Waals surface area contributed by atoms with Crippen LogP contribution in [0, 0.1) is 0 Å². The summed E-state index contributed by atoms with van der Waals surface area (Å²) in [6.45, 7) is 0. The van der Waals surface area contributed by atoms with Gasteiger partial charge >= 0.3 is 0 Å². The van der Waals surface area contributed by atoms with Crippen molar-refractivity contribution in [2.24, 2.45) is 0 Å². The van der Waals surface area contributed by atoms with E-state index in [1.165, 1.54) is 27.1 Å². The predicted octanol–water partition coefficient (Wildman–Crippen LogP) is 4.89. The van der Waals surface area contributed by atoms with Gasteiger partial charge in [-0.25, -0.2) is 0 Å². The van der Waals surface area contributed by atoms with Crippen molar-refractivity contribution in [3.8, 4) is 0 Å². The van der Waals surface area contributed by atoms with Crippen molar-refractivity contribution in [3.05, 3.63) is 60.2 Å². The molecule has 0 aliphatic rings. The van der Waals surface area contributed by atoms with Crippen LogP contribution in [-0.4, -0.2) is 0 Å². The van der Waals surface area contributed by atoms with Crippen LogP contribution in [0.1, 0.15) is 5.56 Å². The number of halogens is 1. The molecule has 0 unspecified atom stereocenters. The quantitative estimate of drug-likeness (QED) is 0.436. The zero-order valence-electron chi connectivity index (χ0n) is 8.78. The van der Waals surface area contributed by atoms with E-state index in [-0.39, 0.29) is 0 Å². The van der Waals surface area contributed by atoms with E-state index >= 15 is 0 Å². The summed E-state index contributed by atoms with van der Waals surface area (Å²) in [6.07, 6.45) is 0. The van der Waals surface area contributed by atoms with Crippen molar-refractivity contribution in [3.63, 3.8) is 0 Å². The van der Waals surface area contributed by atoms with E-state index < -0.39 is 0 Å². The Hall–Kier alpha value is -1.34. The number of fused-ring (bicyclic) bond motifs is 2. The largest absolute Gasteiger partial charge is 0.0876 e. The van der Waals surface area contributed by atoms with Gasteiger partial charge in [0.2, 0.25) is 0 Å².